The normalized spacial score (nSPS) is 14.7. The first-order valence-electron chi connectivity index (χ1n) is 8.49. The molecule has 0 heterocycles. The van der Waals surface area contributed by atoms with Crippen LogP contribution in [0, 0.1) is 0 Å². The Balaban J connectivity index is 2.11. The monoisotopic (exact) mass is 333 g/mol. The van der Waals surface area contributed by atoms with Crippen molar-refractivity contribution < 1.29 is 9.53 Å². The van der Waals surface area contributed by atoms with Crippen molar-refractivity contribution in [3.8, 4) is 0 Å². The molecule has 3 rings (SSSR count). The smallest absolute Gasteiger partial charge is 0.304 e. The summed E-state index contributed by atoms with van der Waals surface area (Å²) in [5, 5.41) is 5.64. The number of hydrogen-bond acceptors (Lipinski definition) is 3. The Morgan fingerprint density at radius 2 is 1.60 bits per heavy atom. The molecule has 3 aromatic rings. The molecule has 25 heavy (non-hydrogen) atoms. The third-order valence-corrected chi connectivity index (χ3v) is 4.76. The molecule has 0 aliphatic heterocycles. The van der Waals surface area contributed by atoms with Gasteiger partial charge in [-0.1, -0.05) is 79.7 Å². The second-order valence-electron chi connectivity index (χ2n) is 6.27. The molecule has 2 atom stereocenters. The number of hydrogen-bond donors (Lipinski definition) is 1. The number of rotatable bonds is 5. The van der Waals surface area contributed by atoms with Gasteiger partial charge in [-0.2, -0.15) is 0 Å². The summed E-state index contributed by atoms with van der Waals surface area (Å²) >= 11 is 0. The molecule has 0 saturated carbocycles. The fraction of sp³-hybridized carbons (Fsp3) is 0.227. The largest absolute Gasteiger partial charge is 0.439 e. The Hall–Kier alpha value is -2.65. The molecule has 0 aliphatic carbocycles. The Morgan fingerprint density at radius 3 is 2.24 bits per heavy atom. The van der Waals surface area contributed by atoms with E-state index in [1.165, 1.54) is 17.7 Å². The summed E-state index contributed by atoms with van der Waals surface area (Å²) in [4.78, 5) is 11.9. The Labute approximate surface area is 148 Å². The molecule has 0 aromatic heterocycles. The van der Waals surface area contributed by atoms with E-state index in [1.807, 2.05) is 49.5 Å². The van der Waals surface area contributed by atoms with Crippen LogP contribution in [0.4, 0.5) is 0 Å². The molecule has 0 saturated heterocycles. The third kappa shape index (κ3) is 3.28. The number of carbonyl (C=O) groups excluding carboxylic acids is 1. The highest BCUT2D eigenvalue weighted by Gasteiger charge is 2.40. The predicted octanol–water partition coefficient (Wildman–Crippen LogP) is 4.58. The van der Waals surface area contributed by atoms with Crippen molar-refractivity contribution >= 4 is 16.7 Å². The average Bonchev–Trinajstić information content (AvgIpc) is 2.65. The average molecular weight is 333 g/mol. The molecule has 2 unspecified atom stereocenters. The number of fused-ring (bicyclic) bond motifs is 1. The van der Waals surface area contributed by atoms with E-state index in [0.29, 0.717) is 0 Å². The standard InChI is InChI=1S/C22H23NO2/c1-16(19-14-13-18-9-7-8-10-20(18)15-19)22(23-3,25-17(2)24)21-11-5-4-6-12-21/h4-16,23H,1-3H3. The van der Waals surface area contributed by atoms with Crippen molar-refractivity contribution in [3.05, 3.63) is 83.9 Å². The van der Waals surface area contributed by atoms with Crippen LogP contribution in [0.2, 0.25) is 0 Å². The van der Waals surface area contributed by atoms with E-state index in [0.717, 1.165) is 11.1 Å². The minimum Gasteiger partial charge on any atom is -0.439 e. The molecule has 0 spiro atoms. The molecule has 3 nitrogen and oxygen atoms in total. The quantitative estimate of drug-likeness (QED) is 0.549. The molecule has 0 bridgehead atoms. The lowest BCUT2D eigenvalue weighted by atomic mass is 9.84. The molecule has 3 heteroatoms. The van der Waals surface area contributed by atoms with E-state index in [2.05, 4.69) is 42.6 Å². The van der Waals surface area contributed by atoms with E-state index >= 15 is 0 Å². The predicted molar refractivity (Wildman–Crippen MR) is 101 cm³/mol. The van der Waals surface area contributed by atoms with Gasteiger partial charge in [-0.15, -0.1) is 0 Å². The third-order valence-electron chi connectivity index (χ3n) is 4.76. The van der Waals surface area contributed by atoms with E-state index in [1.54, 1.807) is 0 Å². The van der Waals surface area contributed by atoms with Crippen molar-refractivity contribution in [1.29, 1.82) is 0 Å². The molecular weight excluding hydrogens is 310 g/mol. The first kappa shape index (κ1) is 17.2. The van der Waals surface area contributed by atoms with Gasteiger partial charge in [0, 0.05) is 18.4 Å². The highest BCUT2D eigenvalue weighted by molar-refractivity contribution is 5.83. The van der Waals surface area contributed by atoms with Gasteiger partial charge in [-0.25, -0.2) is 0 Å². The van der Waals surface area contributed by atoms with Crippen molar-refractivity contribution in [2.45, 2.75) is 25.5 Å². The molecule has 0 aliphatic rings. The Kier molecular flexibility index (Phi) is 4.86. The zero-order valence-corrected chi connectivity index (χ0v) is 14.8. The summed E-state index contributed by atoms with van der Waals surface area (Å²) in [7, 11) is 1.83. The highest BCUT2D eigenvalue weighted by Crippen LogP contribution is 2.38. The van der Waals surface area contributed by atoms with Crippen LogP contribution in [0.5, 0.6) is 0 Å². The SMILES string of the molecule is CNC(OC(C)=O)(c1ccccc1)C(C)c1ccc2ccccc2c1. The van der Waals surface area contributed by atoms with Gasteiger partial charge < -0.3 is 4.74 Å². The maximum Gasteiger partial charge on any atom is 0.304 e. The zero-order chi connectivity index (χ0) is 17.9. The second kappa shape index (κ2) is 7.08. The Morgan fingerprint density at radius 1 is 0.960 bits per heavy atom. The van der Waals surface area contributed by atoms with Crippen LogP contribution in [-0.2, 0) is 15.3 Å². The van der Waals surface area contributed by atoms with Gasteiger partial charge >= 0.3 is 5.97 Å². The lowest BCUT2D eigenvalue weighted by Gasteiger charge is -2.38. The topological polar surface area (TPSA) is 38.3 Å². The van der Waals surface area contributed by atoms with Crippen molar-refractivity contribution in [3.63, 3.8) is 0 Å². The molecular formula is C22H23NO2. The van der Waals surface area contributed by atoms with Gasteiger partial charge in [0.1, 0.15) is 0 Å². The summed E-state index contributed by atoms with van der Waals surface area (Å²) < 4.78 is 5.85. The fourth-order valence-corrected chi connectivity index (χ4v) is 3.43. The molecule has 128 valence electrons. The minimum atomic E-state index is -0.921. The van der Waals surface area contributed by atoms with Gasteiger partial charge in [0.25, 0.3) is 0 Å². The van der Waals surface area contributed by atoms with Crippen molar-refractivity contribution in [1.82, 2.24) is 5.32 Å². The lowest BCUT2D eigenvalue weighted by Crippen LogP contribution is -2.48. The summed E-state index contributed by atoms with van der Waals surface area (Å²) in [6.45, 7) is 3.53. The van der Waals surface area contributed by atoms with Crippen LogP contribution in [-0.4, -0.2) is 13.0 Å². The second-order valence-corrected chi connectivity index (χ2v) is 6.27. The van der Waals surface area contributed by atoms with Crippen molar-refractivity contribution in [2.75, 3.05) is 7.05 Å². The van der Waals surface area contributed by atoms with Gasteiger partial charge in [-0.3, -0.25) is 10.1 Å². The number of likely N-dealkylation sites (N-methyl/N-ethyl adjacent to an activating group) is 1. The number of carbonyl (C=O) groups is 1. The highest BCUT2D eigenvalue weighted by atomic mass is 16.6. The van der Waals surface area contributed by atoms with Crippen LogP contribution in [0.25, 0.3) is 10.8 Å². The van der Waals surface area contributed by atoms with E-state index in [4.69, 9.17) is 4.74 Å². The Bertz CT molecular complexity index is 875. The number of esters is 1. The summed E-state index contributed by atoms with van der Waals surface area (Å²) in [5.74, 6) is -0.390. The van der Waals surface area contributed by atoms with Gasteiger partial charge in [0.2, 0.25) is 0 Å². The zero-order valence-electron chi connectivity index (χ0n) is 14.8. The van der Waals surface area contributed by atoms with Crippen molar-refractivity contribution in [2.24, 2.45) is 0 Å². The van der Waals surface area contributed by atoms with E-state index < -0.39 is 5.72 Å². The molecule has 0 radical (unpaired) electrons. The summed E-state index contributed by atoms with van der Waals surface area (Å²) in [6, 6.07) is 24.5. The molecule has 0 amide bonds. The van der Waals surface area contributed by atoms with E-state index in [9.17, 15) is 4.79 Å². The fourth-order valence-electron chi connectivity index (χ4n) is 3.43. The molecule has 3 aromatic carbocycles. The first-order valence-corrected chi connectivity index (χ1v) is 8.49. The van der Waals surface area contributed by atoms with Gasteiger partial charge in [0.15, 0.2) is 5.72 Å². The van der Waals surface area contributed by atoms with Gasteiger partial charge in [-0.05, 0) is 23.4 Å². The van der Waals surface area contributed by atoms with Crippen LogP contribution in [0.3, 0.4) is 0 Å². The van der Waals surface area contributed by atoms with Crippen LogP contribution in [0.1, 0.15) is 30.9 Å². The first-order chi connectivity index (χ1) is 12.1. The van der Waals surface area contributed by atoms with E-state index in [-0.39, 0.29) is 11.9 Å². The van der Waals surface area contributed by atoms with Gasteiger partial charge in [0.05, 0.1) is 0 Å². The number of nitrogens with one attached hydrogen (secondary N) is 1. The summed E-state index contributed by atoms with van der Waals surface area (Å²) in [6.07, 6.45) is 0. The number of benzene rings is 3. The van der Waals surface area contributed by atoms with Crippen LogP contribution < -0.4 is 5.32 Å². The van der Waals surface area contributed by atoms with Crippen LogP contribution >= 0.6 is 0 Å². The molecule has 1 N–H and O–H groups in total. The molecule has 0 fully saturated rings. The summed E-state index contributed by atoms with van der Waals surface area (Å²) in [5.41, 5.74) is 1.11. The minimum absolute atomic E-state index is 0.0755. The maximum absolute atomic E-state index is 11.9. The number of ether oxygens (including phenoxy) is 1. The van der Waals surface area contributed by atoms with Crippen LogP contribution in [0.15, 0.2) is 72.8 Å². The lowest BCUT2D eigenvalue weighted by molar-refractivity contribution is -0.165. The maximum atomic E-state index is 11.9.